The molecule has 1 N–H and O–H groups in total. The number of nitrogens with one attached hydrogen (secondary N) is 1. The van der Waals surface area contributed by atoms with E-state index in [1.807, 2.05) is 6.07 Å². The average molecular weight is 323 g/mol. The molecule has 0 amide bonds. The van der Waals surface area contributed by atoms with Crippen LogP contribution in [0.5, 0.6) is 0 Å². The standard InChI is InChI=1S/C8H5Br2NOS/c1-3(12)7-6(10)8-4(11-7)2-5(9)13-8/h2,11H,1H3. The van der Waals surface area contributed by atoms with E-state index in [-0.39, 0.29) is 5.78 Å². The molecule has 0 unspecified atom stereocenters. The van der Waals surface area contributed by atoms with Gasteiger partial charge in [0.2, 0.25) is 0 Å². The smallest absolute Gasteiger partial charge is 0.177 e. The number of fused-ring (bicyclic) bond motifs is 1. The lowest BCUT2D eigenvalue weighted by molar-refractivity contribution is 0.101. The molecule has 0 aromatic carbocycles. The van der Waals surface area contributed by atoms with Gasteiger partial charge in [-0.2, -0.15) is 0 Å². The number of halogens is 2. The normalized spacial score (nSPS) is 11.0. The Morgan fingerprint density at radius 2 is 2.23 bits per heavy atom. The van der Waals surface area contributed by atoms with Gasteiger partial charge in [-0.15, -0.1) is 11.3 Å². The van der Waals surface area contributed by atoms with Crippen molar-refractivity contribution in [1.29, 1.82) is 0 Å². The van der Waals surface area contributed by atoms with E-state index in [1.165, 1.54) is 0 Å². The second kappa shape index (κ2) is 3.22. The number of carbonyl (C=O) groups is 1. The molecule has 0 aliphatic rings. The van der Waals surface area contributed by atoms with Gasteiger partial charge in [-0.1, -0.05) is 0 Å². The van der Waals surface area contributed by atoms with Gasteiger partial charge in [-0.25, -0.2) is 0 Å². The first-order chi connectivity index (χ1) is 6.09. The minimum absolute atomic E-state index is 0.0476. The molecule has 0 spiro atoms. The quantitative estimate of drug-likeness (QED) is 0.792. The number of aromatic amines is 1. The fourth-order valence-corrected chi connectivity index (χ4v) is 3.50. The largest absolute Gasteiger partial charge is 0.350 e. The van der Waals surface area contributed by atoms with Crippen molar-refractivity contribution in [2.45, 2.75) is 6.92 Å². The number of H-pyrrole nitrogens is 1. The summed E-state index contributed by atoms with van der Waals surface area (Å²) < 4.78 is 3.01. The maximum Gasteiger partial charge on any atom is 0.177 e. The Labute approximate surface area is 95.6 Å². The molecule has 13 heavy (non-hydrogen) atoms. The van der Waals surface area contributed by atoms with Gasteiger partial charge in [0, 0.05) is 6.92 Å². The molecule has 0 bridgehead atoms. The lowest BCUT2D eigenvalue weighted by atomic mass is 10.3. The number of hydrogen-bond donors (Lipinski definition) is 1. The summed E-state index contributed by atoms with van der Waals surface area (Å²) in [6.07, 6.45) is 0. The summed E-state index contributed by atoms with van der Waals surface area (Å²) in [6.45, 7) is 1.55. The Kier molecular flexibility index (Phi) is 2.33. The van der Waals surface area contributed by atoms with Crippen molar-refractivity contribution in [3.8, 4) is 0 Å². The van der Waals surface area contributed by atoms with Gasteiger partial charge in [0.1, 0.15) is 0 Å². The summed E-state index contributed by atoms with van der Waals surface area (Å²) in [5.41, 5.74) is 1.64. The zero-order chi connectivity index (χ0) is 9.59. The lowest BCUT2D eigenvalue weighted by Crippen LogP contribution is -1.91. The Hall–Kier alpha value is -0.130. The highest BCUT2D eigenvalue weighted by molar-refractivity contribution is 9.11. The van der Waals surface area contributed by atoms with Gasteiger partial charge in [-0.05, 0) is 37.9 Å². The highest BCUT2D eigenvalue weighted by Gasteiger charge is 2.14. The van der Waals surface area contributed by atoms with Crippen LogP contribution in [0.1, 0.15) is 17.4 Å². The Morgan fingerprint density at radius 1 is 1.54 bits per heavy atom. The zero-order valence-corrected chi connectivity index (χ0v) is 10.6. The van der Waals surface area contributed by atoms with Crippen LogP contribution in [-0.2, 0) is 0 Å². The summed E-state index contributed by atoms with van der Waals surface area (Å²) in [4.78, 5) is 14.2. The highest BCUT2D eigenvalue weighted by Crippen LogP contribution is 2.36. The van der Waals surface area contributed by atoms with Crippen LogP contribution in [0.25, 0.3) is 10.2 Å². The van der Waals surface area contributed by atoms with Crippen LogP contribution >= 0.6 is 43.2 Å². The zero-order valence-electron chi connectivity index (χ0n) is 6.65. The molecule has 0 radical (unpaired) electrons. The van der Waals surface area contributed by atoms with Crippen molar-refractivity contribution in [2.24, 2.45) is 0 Å². The first kappa shape index (κ1) is 9.43. The third-order valence-electron chi connectivity index (χ3n) is 1.73. The minimum Gasteiger partial charge on any atom is -0.350 e. The number of Topliss-reactive ketones (excluding diaryl/α,β-unsaturated/α-hetero) is 1. The number of aromatic nitrogens is 1. The van der Waals surface area contributed by atoms with E-state index >= 15 is 0 Å². The molecule has 5 heteroatoms. The lowest BCUT2D eigenvalue weighted by Gasteiger charge is -1.89. The molecule has 2 aromatic heterocycles. The van der Waals surface area contributed by atoms with Crippen molar-refractivity contribution >= 4 is 59.2 Å². The van der Waals surface area contributed by atoms with E-state index in [0.29, 0.717) is 5.69 Å². The molecule has 0 fully saturated rings. The molecule has 2 rings (SSSR count). The monoisotopic (exact) mass is 321 g/mol. The van der Waals surface area contributed by atoms with Gasteiger partial charge >= 0.3 is 0 Å². The molecule has 68 valence electrons. The number of thiophene rings is 1. The van der Waals surface area contributed by atoms with Crippen molar-refractivity contribution in [1.82, 2.24) is 4.98 Å². The Balaban J connectivity index is 2.76. The number of carbonyl (C=O) groups excluding carboxylic acids is 1. The molecular formula is C8H5Br2NOS. The fourth-order valence-electron chi connectivity index (χ4n) is 1.16. The van der Waals surface area contributed by atoms with Crippen LogP contribution in [0.2, 0.25) is 0 Å². The summed E-state index contributed by atoms with van der Waals surface area (Å²) in [6, 6.07) is 1.97. The third-order valence-corrected chi connectivity index (χ3v) is 4.44. The SMILES string of the molecule is CC(=O)c1[nH]c2cc(Br)sc2c1Br. The Bertz CT molecular complexity index is 486. The van der Waals surface area contributed by atoms with E-state index in [4.69, 9.17) is 0 Å². The second-order valence-corrected chi connectivity index (χ2v) is 5.89. The molecular weight excluding hydrogens is 318 g/mol. The second-order valence-electron chi connectivity index (χ2n) is 2.66. The van der Waals surface area contributed by atoms with Crippen molar-refractivity contribution in [2.75, 3.05) is 0 Å². The number of ketones is 1. The average Bonchev–Trinajstić information content (AvgIpc) is 2.51. The van der Waals surface area contributed by atoms with Gasteiger partial charge in [0.05, 0.1) is 24.2 Å². The van der Waals surface area contributed by atoms with Crippen molar-refractivity contribution in [3.05, 3.63) is 20.0 Å². The number of hydrogen-bond acceptors (Lipinski definition) is 2. The van der Waals surface area contributed by atoms with E-state index in [2.05, 4.69) is 36.8 Å². The van der Waals surface area contributed by atoms with Crippen molar-refractivity contribution in [3.63, 3.8) is 0 Å². The number of rotatable bonds is 1. The van der Waals surface area contributed by atoms with Gasteiger partial charge in [-0.3, -0.25) is 4.79 Å². The van der Waals surface area contributed by atoms with E-state index in [1.54, 1.807) is 18.3 Å². The van der Waals surface area contributed by atoms with Gasteiger partial charge < -0.3 is 4.98 Å². The summed E-state index contributed by atoms with van der Waals surface area (Å²) in [5.74, 6) is 0.0476. The maximum atomic E-state index is 11.2. The summed E-state index contributed by atoms with van der Waals surface area (Å²) in [7, 11) is 0. The first-order valence-electron chi connectivity index (χ1n) is 3.57. The van der Waals surface area contributed by atoms with Crippen LogP contribution in [0.15, 0.2) is 14.3 Å². The van der Waals surface area contributed by atoms with Crippen LogP contribution in [0, 0.1) is 0 Å². The van der Waals surface area contributed by atoms with Crippen LogP contribution in [0.3, 0.4) is 0 Å². The van der Waals surface area contributed by atoms with E-state index < -0.39 is 0 Å². The topological polar surface area (TPSA) is 32.9 Å². The molecule has 2 aromatic rings. The van der Waals surface area contributed by atoms with E-state index in [9.17, 15) is 4.79 Å². The minimum atomic E-state index is 0.0476. The molecule has 0 aliphatic heterocycles. The van der Waals surface area contributed by atoms with Crippen LogP contribution in [0.4, 0.5) is 0 Å². The highest BCUT2D eigenvalue weighted by atomic mass is 79.9. The Morgan fingerprint density at radius 3 is 2.77 bits per heavy atom. The molecule has 0 saturated heterocycles. The molecule has 0 aliphatic carbocycles. The van der Waals surface area contributed by atoms with Crippen LogP contribution < -0.4 is 0 Å². The van der Waals surface area contributed by atoms with Crippen molar-refractivity contribution < 1.29 is 4.79 Å². The van der Waals surface area contributed by atoms with Gasteiger partial charge in [0.15, 0.2) is 5.78 Å². The fraction of sp³-hybridized carbons (Fsp3) is 0.125. The van der Waals surface area contributed by atoms with Gasteiger partial charge in [0.25, 0.3) is 0 Å². The molecule has 0 atom stereocenters. The predicted molar refractivity (Wildman–Crippen MR) is 61.6 cm³/mol. The molecule has 2 heterocycles. The summed E-state index contributed by atoms with van der Waals surface area (Å²) in [5, 5.41) is 0. The third kappa shape index (κ3) is 1.49. The molecule has 0 saturated carbocycles. The maximum absolute atomic E-state index is 11.2. The van der Waals surface area contributed by atoms with E-state index in [0.717, 1.165) is 18.5 Å². The summed E-state index contributed by atoms with van der Waals surface area (Å²) >= 11 is 8.40. The molecule has 2 nitrogen and oxygen atoms in total. The van der Waals surface area contributed by atoms with Crippen LogP contribution in [-0.4, -0.2) is 10.8 Å². The predicted octanol–water partition coefficient (Wildman–Crippen LogP) is 3.96. The first-order valence-corrected chi connectivity index (χ1v) is 5.97.